The third kappa shape index (κ3) is 4.10. The molecule has 6 heteroatoms. The van der Waals surface area contributed by atoms with Gasteiger partial charge in [-0.15, -0.1) is 0 Å². The van der Waals surface area contributed by atoms with Crippen molar-refractivity contribution in [2.75, 3.05) is 33.7 Å². The molecule has 24 heavy (non-hydrogen) atoms. The van der Waals surface area contributed by atoms with Crippen LogP contribution in [0.5, 0.6) is 17.2 Å². The van der Waals surface area contributed by atoms with Gasteiger partial charge in [-0.3, -0.25) is 0 Å². The zero-order valence-corrected chi connectivity index (χ0v) is 14.3. The van der Waals surface area contributed by atoms with Crippen molar-refractivity contribution in [1.82, 2.24) is 4.90 Å². The van der Waals surface area contributed by atoms with Crippen molar-refractivity contribution >= 4 is 11.7 Å². The molecule has 0 spiro atoms. The van der Waals surface area contributed by atoms with Crippen molar-refractivity contribution in [2.45, 2.75) is 6.54 Å². The van der Waals surface area contributed by atoms with E-state index in [1.54, 1.807) is 45.4 Å². The van der Waals surface area contributed by atoms with Crippen LogP contribution in [0.4, 0.5) is 10.5 Å². The molecular formula is C18H22N2O4. The summed E-state index contributed by atoms with van der Waals surface area (Å²) in [5, 5.41) is 2.84. The molecule has 0 aliphatic rings. The lowest BCUT2D eigenvalue weighted by Crippen LogP contribution is -2.31. The Morgan fingerprint density at radius 3 is 2.29 bits per heavy atom. The highest BCUT2D eigenvalue weighted by molar-refractivity contribution is 5.90. The molecule has 0 radical (unpaired) electrons. The van der Waals surface area contributed by atoms with E-state index in [9.17, 15) is 4.79 Å². The van der Waals surface area contributed by atoms with Gasteiger partial charge in [0.25, 0.3) is 0 Å². The van der Waals surface area contributed by atoms with Gasteiger partial charge in [0, 0.05) is 13.6 Å². The van der Waals surface area contributed by atoms with E-state index in [2.05, 4.69) is 5.32 Å². The first-order valence-electron chi connectivity index (χ1n) is 7.45. The Balaban J connectivity index is 2.06. The van der Waals surface area contributed by atoms with Crippen molar-refractivity contribution in [2.24, 2.45) is 0 Å². The molecule has 2 amide bonds. The van der Waals surface area contributed by atoms with Gasteiger partial charge in [0.1, 0.15) is 5.75 Å². The Hall–Kier alpha value is -2.89. The van der Waals surface area contributed by atoms with Crippen LogP contribution >= 0.6 is 0 Å². The molecule has 0 saturated carbocycles. The largest absolute Gasteiger partial charge is 0.495 e. The first-order valence-corrected chi connectivity index (χ1v) is 7.45. The number of methoxy groups -OCH3 is 3. The van der Waals surface area contributed by atoms with E-state index >= 15 is 0 Å². The summed E-state index contributed by atoms with van der Waals surface area (Å²) >= 11 is 0. The number of nitrogens with one attached hydrogen (secondary N) is 1. The van der Waals surface area contributed by atoms with Crippen molar-refractivity contribution in [1.29, 1.82) is 0 Å². The van der Waals surface area contributed by atoms with Gasteiger partial charge in [0.05, 0.1) is 27.0 Å². The fourth-order valence-corrected chi connectivity index (χ4v) is 2.28. The van der Waals surface area contributed by atoms with E-state index in [-0.39, 0.29) is 6.03 Å². The van der Waals surface area contributed by atoms with Crippen molar-refractivity contribution in [3.8, 4) is 17.2 Å². The van der Waals surface area contributed by atoms with Crippen LogP contribution in [0.3, 0.4) is 0 Å². The van der Waals surface area contributed by atoms with Crippen LogP contribution < -0.4 is 19.5 Å². The molecule has 0 aromatic heterocycles. The normalized spacial score (nSPS) is 10.0. The lowest BCUT2D eigenvalue weighted by Gasteiger charge is -2.19. The number of carbonyl (C=O) groups excluding carboxylic acids is 1. The van der Waals surface area contributed by atoms with Gasteiger partial charge in [-0.25, -0.2) is 4.79 Å². The molecule has 0 aliphatic carbocycles. The maximum atomic E-state index is 12.4. The third-order valence-corrected chi connectivity index (χ3v) is 3.56. The molecule has 6 nitrogen and oxygen atoms in total. The second-order valence-corrected chi connectivity index (χ2v) is 5.18. The number of ether oxygens (including phenoxy) is 3. The zero-order valence-electron chi connectivity index (χ0n) is 14.3. The van der Waals surface area contributed by atoms with Gasteiger partial charge in [0.15, 0.2) is 11.5 Å². The topological polar surface area (TPSA) is 60.0 Å². The average molecular weight is 330 g/mol. The number of anilines is 1. The van der Waals surface area contributed by atoms with E-state index < -0.39 is 0 Å². The standard InChI is InChI=1S/C18H22N2O4/c1-20(12-13-9-10-16(23-3)17(11-13)24-4)18(21)19-14-7-5-6-8-15(14)22-2/h5-11H,12H2,1-4H3,(H,19,21). The van der Waals surface area contributed by atoms with Gasteiger partial charge in [-0.2, -0.15) is 0 Å². The van der Waals surface area contributed by atoms with Crippen LogP contribution in [-0.2, 0) is 6.54 Å². The monoisotopic (exact) mass is 330 g/mol. The van der Waals surface area contributed by atoms with Gasteiger partial charge >= 0.3 is 6.03 Å². The Morgan fingerprint density at radius 1 is 0.958 bits per heavy atom. The average Bonchev–Trinajstić information content (AvgIpc) is 2.61. The van der Waals surface area contributed by atoms with E-state index in [0.29, 0.717) is 29.5 Å². The minimum atomic E-state index is -0.228. The Bertz CT molecular complexity index is 703. The number of amides is 2. The third-order valence-electron chi connectivity index (χ3n) is 3.56. The van der Waals surface area contributed by atoms with Crippen molar-refractivity contribution in [3.05, 3.63) is 48.0 Å². The van der Waals surface area contributed by atoms with Gasteiger partial charge < -0.3 is 24.4 Å². The molecular weight excluding hydrogens is 308 g/mol. The number of carbonyl (C=O) groups is 1. The Kier molecular flexibility index (Phi) is 5.89. The van der Waals surface area contributed by atoms with E-state index in [1.807, 2.05) is 30.3 Å². The SMILES string of the molecule is COc1ccccc1NC(=O)N(C)Cc1ccc(OC)c(OC)c1. The highest BCUT2D eigenvalue weighted by Gasteiger charge is 2.13. The summed E-state index contributed by atoms with van der Waals surface area (Å²) in [7, 11) is 6.46. The highest BCUT2D eigenvalue weighted by Crippen LogP contribution is 2.28. The summed E-state index contributed by atoms with van der Waals surface area (Å²) in [6.07, 6.45) is 0. The van der Waals surface area contributed by atoms with Crippen LogP contribution in [-0.4, -0.2) is 39.3 Å². The molecule has 2 aromatic rings. The highest BCUT2D eigenvalue weighted by atomic mass is 16.5. The van der Waals surface area contributed by atoms with Crippen molar-refractivity contribution in [3.63, 3.8) is 0 Å². The quantitative estimate of drug-likeness (QED) is 0.882. The molecule has 2 rings (SSSR count). The number of hydrogen-bond donors (Lipinski definition) is 1. The molecule has 0 unspecified atom stereocenters. The molecule has 1 N–H and O–H groups in total. The van der Waals surface area contributed by atoms with Gasteiger partial charge in [0.2, 0.25) is 0 Å². The zero-order chi connectivity index (χ0) is 17.5. The molecule has 0 aliphatic heterocycles. The molecule has 0 saturated heterocycles. The first kappa shape index (κ1) is 17.5. The molecule has 0 fully saturated rings. The minimum Gasteiger partial charge on any atom is -0.495 e. The lowest BCUT2D eigenvalue weighted by molar-refractivity contribution is 0.220. The number of nitrogens with zero attached hydrogens (tertiary/aromatic N) is 1. The van der Waals surface area contributed by atoms with Gasteiger partial charge in [-0.05, 0) is 29.8 Å². The molecule has 0 heterocycles. The second-order valence-electron chi connectivity index (χ2n) is 5.18. The lowest BCUT2D eigenvalue weighted by atomic mass is 10.2. The Labute approximate surface area is 141 Å². The summed E-state index contributed by atoms with van der Waals surface area (Å²) in [6, 6.07) is 12.6. The van der Waals surface area contributed by atoms with Gasteiger partial charge in [-0.1, -0.05) is 18.2 Å². The summed E-state index contributed by atoms with van der Waals surface area (Å²) in [5.74, 6) is 1.90. The summed E-state index contributed by atoms with van der Waals surface area (Å²) in [5.41, 5.74) is 1.56. The molecule has 2 aromatic carbocycles. The van der Waals surface area contributed by atoms with Crippen LogP contribution in [0.1, 0.15) is 5.56 Å². The predicted molar refractivity (Wildman–Crippen MR) is 93.0 cm³/mol. The fourth-order valence-electron chi connectivity index (χ4n) is 2.28. The van der Waals surface area contributed by atoms with E-state index in [0.717, 1.165) is 5.56 Å². The van der Waals surface area contributed by atoms with E-state index in [4.69, 9.17) is 14.2 Å². The van der Waals surface area contributed by atoms with Crippen LogP contribution in [0.2, 0.25) is 0 Å². The molecule has 0 bridgehead atoms. The number of benzene rings is 2. The summed E-state index contributed by atoms with van der Waals surface area (Å²) in [6.45, 7) is 0.432. The number of para-hydroxylation sites is 2. The maximum absolute atomic E-state index is 12.4. The smallest absolute Gasteiger partial charge is 0.321 e. The predicted octanol–water partition coefficient (Wildman–Crippen LogP) is 3.38. The molecule has 128 valence electrons. The first-order chi connectivity index (χ1) is 11.6. The fraction of sp³-hybridized carbons (Fsp3) is 0.278. The van der Waals surface area contributed by atoms with Crippen LogP contribution in [0.25, 0.3) is 0 Å². The van der Waals surface area contributed by atoms with E-state index in [1.165, 1.54) is 0 Å². The number of rotatable bonds is 6. The van der Waals surface area contributed by atoms with Crippen LogP contribution in [0.15, 0.2) is 42.5 Å². The minimum absolute atomic E-state index is 0.228. The molecule has 0 atom stereocenters. The maximum Gasteiger partial charge on any atom is 0.321 e. The van der Waals surface area contributed by atoms with Crippen molar-refractivity contribution < 1.29 is 19.0 Å². The van der Waals surface area contributed by atoms with Crippen LogP contribution in [0, 0.1) is 0 Å². The Morgan fingerprint density at radius 2 is 1.62 bits per heavy atom. The number of urea groups is 1. The summed E-state index contributed by atoms with van der Waals surface area (Å²) in [4.78, 5) is 13.9. The summed E-state index contributed by atoms with van der Waals surface area (Å²) < 4.78 is 15.7. The second kappa shape index (κ2) is 8.10. The number of hydrogen-bond acceptors (Lipinski definition) is 4.